The Kier molecular flexibility index (Phi) is 7.43. The molecule has 3 rings (SSSR count). The van der Waals surface area contributed by atoms with Crippen molar-refractivity contribution in [3.63, 3.8) is 0 Å². The number of hydrogen-bond donors (Lipinski definition) is 3. The number of nitrogens with zero attached hydrogens (tertiary/aromatic N) is 3. The zero-order chi connectivity index (χ0) is 22.2. The van der Waals surface area contributed by atoms with Crippen molar-refractivity contribution in [3.05, 3.63) is 82.7 Å². The number of aliphatic imine (C=N–C) groups is 1. The molecule has 1 heterocycles. The lowest BCUT2D eigenvalue weighted by molar-refractivity contribution is 0.0954. The Balaban J connectivity index is 1.51. The Hall–Kier alpha value is -3.61. The van der Waals surface area contributed by atoms with Crippen molar-refractivity contribution in [2.24, 2.45) is 4.99 Å². The number of amides is 1. The van der Waals surface area contributed by atoms with Gasteiger partial charge in [-0.25, -0.2) is 4.68 Å². The van der Waals surface area contributed by atoms with E-state index in [1.807, 2.05) is 54.9 Å². The topological polar surface area (TPSA) is 83.3 Å². The third-order valence-electron chi connectivity index (χ3n) is 4.88. The fraction of sp³-hybridized carbons (Fsp3) is 0.292. The van der Waals surface area contributed by atoms with Gasteiger partial charge < -0.3 is 16.0 Å². The predicted molar refractivity (Wildman–Crippen MR) is 125 cm³/mol. The van der Waals surface area contributed by atoms with Gasteiger partial charge in [0.15, 0.2) is 5.96 Å². The van der Waals surface area contributed by atoms with Gasteiger partial charge in [-0.05, 0) is 50.6 Å². The summed E-state index contributed by atoms with van der Waals surface area (Å²) in [7, 11) is 1.73. The van der Waals surface area contributed by atoms with E-state index < -0.39 is 0 Å². The summed E-state index contributed by atoms with van der Waals surface area (Å²) in [6, 6.07) is 17.8. The van der Waals surface area contributed by atoms with E-state index in [-0.39, 0.29) is 5.91 Å². The van der Waals surface area contributed by atoms with Crippen LogP contribution in [-0.2, 0) is 6.54 Å². The number of guanidine groups is 1. The molecule has 0 aliphatic heterocycles. The molecular formula is C24H30N6O. The number of nitrogens with one attached hydrogen (secondary N) is 3. The molecule has 7 nitrogen and oxygen atoms in total. The first-order valence-electron chi connectivity index (χ1n) is 10.4. The number of aryl methyl sites for hydroxylation is 3. The molecule has 7 heteroatoms. The molecule has 1 amide bonds. The highest BCUT2D eigenvalue weighted by molar-refractivity contribution is 5.94. The second-order valence-electron chi connectivity index (χ2n) is 7.45. The van der Waals surface area contributed by atoms with Crippen LogP contribution in [0.5, 0.6) is 0 Å². The fourth-order valence-electron chi connectivity index (χ4n) is 3.38. The quantitative estimate of drug-likeness (QED) is 0.313. The molecule has 31 heavy (non-hydrogen) atoms. The maximum Gasteiger partial charge on any atom is 0.251 e. The maximum absolute atomic E-state index is 12.2. The van der Waals surface area contributed by atoms with Crippen molar-refractivity contribution in [1.82, 2.24) is 25.7 Å². The molecule has 0 saturated carbocycles. The van der Waals surface area contributed by atoms with Crippen LogP contribution in [0.25, 0.3) is 5.69 Å². The van der Waals surface area contributed by atoms with E-state index in [9.17, 15) is 4.79 Å². The van der Waals surface area contributed by atoms with E-state index in [4.69, 9.17) is 0 Å². The first-order chi connectivity index (χ1) is 15.0. The molecule has 0 radical (unpaired) electrons. The van der Waals surface area contributed by atoms with Gasteiger partial charge in [0.05, 0.1) is 11.4 Å². The Labute approximate surface area is 183 Å². The highest BCUT2D eigenvalue weighted by Gasteiger charge is 2.09. The molecule has 0 fully saturated rings. The van der Waals surface area contributed by atoms with E-state index in [0.29, 0.717) is 31.2 Å². The number of hydrogen-bond acceptors (Lipinski definition) is 3. The standard InChI is InChI=1S/C24H30N6O/c1-17-8-7-10-20(14-17)23(31)26-12-13-27-24(25-4)28-16-21-9-5-6-11-22(21)30-19(3)15-18(2)29-30/h5-11,14-15H,12-13,16H2,1-4H3,(H,26,31)(H2,25,27,28). The number of para-hydroxylation sites is 1. The molecule has 3 aromatic rings. The van der Waals surface area contributed by atoms with Gasteiger partial charge in [-0.3, -0.25) is 9.79 Å². The van der Waals surface area contributed by atoms with E-state index in [2.05, 4.69) is 51.2 Å². The molecule has 0 unspecified atom stereocenters. The summed E-state index contributed by atoms with van der Waals surface area (Å²) in [6.45, 7) is 7.68. The number of benzene rings is 2. The number of carbonyl (C=O) groups excluding carboxylic acids is 1. The average molecular weight is 419 g/mol. The van der Waals surface area contributed by atoms with Crippen molar-refractivity contribution >= 4 is 11.9 Å². The largest absolute Gasteiger partial charge is 0.355 e. The molecule has 1 aromatic heterocycles. The van der Waals surface area contributed by atoms with Gasteiger partial charge in [-0.15, -0.1) is 0 Å². The molecule has 3 N–H and O–H groups in total. The predicted octanol–water partition coefficient (Wildman–Crippen LogP) is 2.89. The van der Waals surface area contributed by atoms with Crippen LogP contribution in [0.3, 0.4) is 0 Å². The van der Waals surface area contributed by atoms with E-state index in [1.54, 1.807) is 7.05 Å². The minimum Gasteiger partial charge on any atom is -0.355 e. The summed E-state index contributed by atoms with van der Waals surface area (Å²) in [4.78, 5) is 16.5. The van der Waals surface area contributed by atoms with Crippen LogP contribution in [0.4, 0.5) is 0 Å². The maximum atomic E-state index is 12.2. The van der Waals surface area contributed by atoms with Crippen molar-refractivity contribution in [2.45, 2.75) is 27.3 Å². The van der Waals surface area contributed by atoms with Gasteiger partial charge in [0.1, 0.15) is 0 Å². The molecule has 0 aliphatic carbocycles. The summed E-state index contributed by atoms with van der Waals surface area (Å²) >= 11 is 0. The molecule has 0 bridgehead atoms. The molecule has 0 atom stereocenters. The lowest BCUT2D eigenvalue weighted by Crippen LogP contribution is -2.41. The number of aromatic nitrogens is 2. The Bertz CT molecular complexity index is 1070. The normalized spacial score (nSPS) is 11.3. The summed E-state index contributed by atoms with van der Waals surface area (Å²) in [5.74, 6) is 0.597. The van der Waals surface area contributed by atoms with Crippen molar-refractivity contribution in [1.29, 1.82) is 0 Å². The average Bonchev–Trinajstić information content (AvgIpc) is 3.11. The molecule has 0 aliphatic rings. The fourth-order valence-corrected chi connectivity index (χ4v) is 3.38. The molecule has 0 saturated heterocycles. The Morgan fingerprint density at radius 1 is 0.968 bits per heavy atom. The summed E-state index contributed by atoms with van der Waals surface area (Å²) in [5, 5.41) is 14.1. The van der Waals surface area contributed by atoms with E-state index in [0.717, 1.165) is 28.2 Å². The minimum absolute atomic E-state index is 0.0766. The van der Waals surface area contributed by atoms with Crippen LogP contribution in [0.2, 0.25) is 0 Å². The summed E-state index contributed by atoms with van der Waals surface area (Å²) in [6.07, 6.45) is 0. The van der Waals surface area contributed by atoms with Gasteiger partial charge in [-0.2, -0.15) is 5.10 Å². The highest BCUT2D eigenvalue weighted by Crippen LogP contribution is 2.16. The second-order valence-corrected chi connectivity index (χ2v) is 7.45. The third kappa shape index (κ3) is 5.94. The van der Waals surface area contributed by atoms with Crippen LogP contribution in [0, 0.1) is 20.8 Å². The third-order valence-corrected chi connectivity index (χ3v) is 4.88. The molecule has 162 valence electrons. The lowest BCUT2D eigenvalue weighted by atomic mass is 10.1. The Morgan fingerprint density at radius 3 is 2.45 bits per heavy atom. The summed E-state index contributed by atoms with van der Waals surface area (Å²) in [5.41, 5.74) is 5.98. The van der Waals surface area contributed by atoms with Gasteiger partial charge in [0.25, 0.3) is 5.91 Å². The first-order valence-corrected chi connectivity index (χ1v) is 10.4. The first kappa shape index (κ1) is 22.1. The van der Waals surface area contributed by atoms with Crippen molar-refractivity contribution in [2.75, 3.05) is 20.1 Å². The van der Waals surface area contributed by atoms with Crippen molar-refractivity contribution < 1.29 is 4.79 Å². The smallest absolute Gasteiger partial charge is 0.251 e. The van der Waals surface area contributed by atoms with Crippen LogP contribution in [0.15, 0.2) is 59.6 Å². The Morgan fingerprint density at radius 2 is 1.74 bits per heavy atom. The van der Waals surface area contributed by atoms with Crippen LogP contribution < -0.4 is 16.0 Å². The van der Waals surface area contributed by atoms with Gasteiger partial charge in [0, 0.05) is 37.9 Å². The van der Waals surface area contributed by atoms with Gasteiger partial charge >= 0.3 is 0 Å². The SMILES string of the molecule is CN=C(NCCNC(=O)c1cccc(C)c1)NCc1ccccc1-n1nc(C)cc1C. The lowest BCUT2D eigenvalue weighted by Gasteiger charge is -2.15. The highest BCUT2D eigenvalue weighted by atomic mass is 16.1. The van der Waals surface area contributed by atoms with Gasteiger partial charge in [0.2, 0.25) is 0 Å². The second kappa shape index (κ2) is 10.4. The van der Waals surface area contributed by atoms with Crippen LogP contribution >= 0.6 is 0 Å². The van der Waals surface area contributed by atoms with Crippen LogP contribution in [0.1, 0.15) is 32.9 Å². The number of rotatable bonds is 7. The van der Waals surface area contributed by atoms with Gasteiger partial charge in [-0.1, -0.05) is 35.9 Å². The van der Waals surface area contributed by atoms with Crippen molar-refractivity contribution in [3.8, 4) is 5.69 Å². The minimum atomic E-state index is -0.0766. The number of carbonyl (C=O) groups is 1. The van der Waals surface area contributed by atoms with E-state index in [1.165, 1.54) is 0 Å². The summed E-state index contributed by atoms with van der Waals surface area (Å²) < 4.78 is 1.96. The zero-order valence-corrected chi connectivity index (χ0v) is 18.6. The molecule has 2 aromatic carbocycles. The monoisotopic (exact) mass is 418 g/mol. The van der Waals surface area contributed by atoms with E-state index >= 15 is 0 Å². The zero-order valence-electron chi connectivity index (χ0n) is 18.6. The molecular weight excluding hydrogens is 388 g/mol. The molecule has 0 spiro atoms. The van der Waals surface area contributed by atoms with Crippen LogP contribution in [-0.4, -0.2) is 41.8 Å².